The van der Waals surface area contributed by atoms with Crippen LogP contribution in [0.4, 0.5) is 0 Å². The standard InChI is InChI=1S/C21H16N4O2/c1-2-4-18-17(3-1)26-13-19(27-18)21-23-20(24-25-21)16-7-5-14(6-8-16)15-9-11-22-12-10-15/h1-12,19H,13H2,(H,23,24,25). The summed E-state index contributed by atoms with van der Waals surface area (Å²) < 4.78 is 11.7. The maximum atomic E-state index is 5.98. The number of para-hydroxylation sites is 2. The molecule has 6 heteroatoms. The Hall–Kier alpha value is -3.67. The first kappa shape index (κ1) is 15.6. The molecular formula is C21H16N4O2. The van der Waals surface area contributed by atoms with Crippen LogP contribution in [-0.4, -0.2) is 26.8 Å². The predicted molar refractivity (Wildman–Crippen MR) is 100 cm³/mol. The predicted octanol–water partition coefficient (Wildman–Crippen LogP) is 4.05. The van der Waals surface area contributed by atoms with Crippen LogP contribution < -0.4 is 9.47 Å². The van der Waals surface area contributed by atoms with Crippen LogP contribution in [0.2, 0.25) is 0 Å². The molecule has 132 valence electrons. The van der Waals surface area contributed by atoms with Gasteiger partial charge in [-0.05, 0) is 35.4 Å². The molecule has 0 amide bonds. The lowest BCUT2D eigenvalue weighted by atomic mass is 10.1. The van der Waals surface area contributed by atoms with Gasteiger partial charge in [0.15, 0.2) is 29.3 Å². The van der Waals surface area contributed by atoms with E-state index in [4.69, 9.17) is 9.47 Å². The summed E-state index contributed by atoms with van der Waals surface area (Å²) in [5.41, 5.74) is 3.18. The maximum Gasteiger partial charge on any atom is 0.191 e. The van der Waals surface area contributed by atoms with Crippen molar-refractivity contribution in [2.24, 2.45) is 0 Å². The Morgan fingerprint density at radius 1 is 0.815 bits per heavy atom. The molecule has 1 aliphatic heterocycles. The molecule has 6 nitrogen and oxygen atoms in total. The Labute approximate surface area is 155 Å². The molecule has 2 aromatic carbocycles. The third kappa shape index (κ3) is 3.01. The number of fused-ring (bicyclic) bond motifs is 1. The third-order valence-electron chi connectivity index (χ3n) is 4.47. The van der Waals surface area contributed by atoms with Gasteiger partial charge in [-0.1, -0.05) is 36.4 Å². The van der Waals surface area contributed by atoms with Gasteiger partial charge in [-0.25, -0.2) is 4.98 Å². The van der Waals surface area contributed by atoms with E-state index in [-0.39, 0.29) is 6.10 Å². The number of aromatic nitrogens is 4. The van der Waals surface area contributed by atoms with E-state index >= 15 is 0 Å². The van der Waals surface area contributed by atoms with Crippen molar-refractivity contribution in [3.63, 3.8) is 0 Å². The second kappa shape index (κ2) is 6.57. The Bertz CT molecular complexity index is 1060. The van der Waals surface area contributed by atoms with Crippen molar-refractivity contribution in [2.45, 2.75) is 6.10 Å². The van der Waals surface area contributed by atoms with E-state index in [2.05, 4.69) is 32.3 Å². The minimum absolute atomic E-state index is 0.308. The van der Waals surface area contributed by atoms with Gasteiger partial charge < -0.3 is 9.47 Å². The SMILES string of the molecule is c1ccc2c(c1)OCC(c1nc(-c3ccc(-c4ccncc4)cc3)n[nH]1)O2. The van der Waals surface area contributed by atoms with Gasteiger partial charge in [0.25, 0.3) is 0 Å². The lowest BCUT2D eigenvalue weighted by molar-refractivity contribution is 0.0853. The summed E-state index contributed by atoms with van der Waals surface area (Å²) >= 11 is 0. The molecule has 0 fully saturated rings. The average molecular weight is 356 g/mol. The number of aromatic amines is 1. The fourth-order valence-corrected chi connectivity index (χ4v) is 3.06. The van der Waals surface area contributed by atoms with Gasteiger partial charge in [-0.3, -0.25) is 10.1 Å². The first-order valence-electron chi connectivity index (χ1n) is 8.68. The summed E-state index contributed by atoms with van der Waals surface area (Å²) in [5.74, 6) is 2.75. The molecule has 5 rings (SSSR count). The Morgan fingerprint density at radius 2 is 1.52 bits per heavy atom. The number of pyridine rings is 1. The minimum atomic E-state index is -0.308. The van der Waals surface area contributed by atoms with Crippen molar-refractivity contribution < 1.29 is 9.47 Å². The summed E-state index contributed by atoms with van der Waals surface area (Å²) in [6.45, 7) is 0.395. The zero-order chi connectivity index (χ0) is 18.1. The first-order chi connectivity index (χ1) is 13.4. The van der Waals surface area contributed by atoms with Crippen LogP contribution >= 0.6 is 0 Å². The fraction of sp³-hybridized carbons (Fsp3) is 0.0952. The van der Waals surface area contributed by atoms with Crippen molar-refractivity contribution in [1.29, 1.82) is 0 Å². The number of H-pyrrole nitrogens is 1. The third-order valence-corrected chi connectivity index (χ3v) is 4.47. The van der Waals surface area contributed by atoms with Crippen molar-refractivity contribution in [1.82, 2.24) is 20.2 Å². The number of ether oxygens (including phenoxy) is 2. The van der Waals surface area contributed by atoms with E-state index in [1.807, 2.05) is 48.5 Å². The van der Waals surface area contributed by atoms with Gasteiger partial charge in [0.05, 0.1) is 0 Å². The van der Waals surface area contributed by atoms with Crippen molar-refractivity contribution in [3.8, 4) is 34.0 Å². The molecule has 0 saturated carbocycles. The number of nitrogens with one attached hydrogen (secondary N) is 1. The number of nitrogens with zero attached hydrogens (tertiary/aromatic N) is 3. The van der Waals surface area contributed by atoms with E-state index in [0.717, 1.165) is 22.4 Å². The summed E-state index contributed by atoms with van der Waals surface area (Å²) in [7, 11) is 0. The molecule has 0 bridgehead atoms. The van der Waals surface area contributed by atoms with E-state index in [9.17, 15) is 0 Å². The molecule has 1 atom stereocenters. The second-order valence-corrected chi connectivity index (χ2v) is 6.22. The molecule has 0 radical (unpaired) electrons. The molecule has 1 N–H and O–H groups in total. The molecule has 4 aromatic rings. The highest BCUT2D eigenvalue weighted by molar-refractivity contribution is 5.67. The Balaban J connectivity index is 1.37. The van der Waals surface area contributed by atoms with E-state index in [0.29, 0.717) is 24.0 Å². The summed E-state index contributed by atoms with van der Waals surface area (Å²) in [6, 6.07) is 19.7. The maximum absolute atomic E-state index is 5.98. The highest BCUT2D eigenvalue weighted by Crippen LogP contribution is 2.35. The highest BCUT2D eigenvalue weighted by atomic mass is 16.6. The zero-order valence-corrected chi connectivity index (χ0v) is 14.4. The van der Waals surface area contributed by atoms with Crippen LogP contribution in [0.5, 0.6) is 11.5 Å². The smallest absolute Gasteiger partial charge is 0.191 e. The van der Waals surface area contributed by atoms with Crippen LogP contribution in [0.25, 0.3) is 22.5 Å². The normalized spacial score (nSPS) is 15.5. The molecule has 3 heterocycles. The summed E-state index contributed by atoms with van der Waals surface area (Å²) in [6.07, 6.45) is 3.27. The largest absolute Gasteiger partial charge is 0.485 e. The monoisotopic (exact) mass is 356 g/mol. The number of hydrogen-bond acceptors (Lipinski definition) is 5. The lowest BCUT2D eigenvalue weighted by Gasteiger charge is -2.24. The van der Waals surface area contributed by atoms with Crippen molar-refractivity contribution in [3.05, 3.63) is 78.9 Å². The molecule has 0 spiro atoms. The van der Waals surface area contributed by atoms with Crippen molar-refractivity contribution in [2.75, 3.05) is 6.61 Å². The number of hydrogen-bond donors (Lipinski definition) is 1. The topological polar surface area (TPSA) is 72.9 Å². The van der Waals surface area contributed by atoms with Crippen LogP contribution in [0, 0.1) is 0 Å². The van der Waals surface area contributed by atoms with E-state index < -0.39 is 0 Å². The number of benzene rings is 2. The van der Waals surface area contributed by atoms with Crippen molar-refractivity contribution >= 4 is 0 Å². The van der Waals surface area contributed by atoms with Gasteiger partial charge in [-0.15, -0.1) is 0 Å². The quantitative estimate of drug-likeness (QED) is 0.600. The van der Waals surface area contributed by atoms with Gasteiger partial charge in [0.1, 0.15) is 6.61 Å². The second-order valence-electron chi connectivity index (χ2n) is 6.22. The molecule has 27 heavy (non-hydrogen) atoms. The van der Waals surface area contributed by atoms with Gasteiger partial charge in [0.2, 0.25) is 0 Å². The number of rotatable bonds is 3. The van der Waals surface area contributed by atoms with Crippen LogP contribution in [0.15, 0.2) is 73.1 Å². The molecule has 0 saturated heterocycles. The Kier molecular flexibility index (Phi) is 3.79. The molecule has 2 aromatic heterocycles. The first-order valence-corrected chi connectivity index (χ1v) is 8.68. The van der Waals surface area contributed by atoms with Crippen LogP contribution in [0.1, 0.15) is 11.9 Å². The van der Waals surface area contributed by atoms with Gasteiger partial charge >= 0.3 is 0 Å². The van der Waals surface area contributed by atoms with Gasteiger partial charge in [0, 0.05) is 18.0 Å². The average Bonchev–Trinajstić information content (AvgIpc) is 3.24. The van der Waals surface area contributed by atoms with Crippen LogP contribution in [0.3, 0.4) is 0 Å². The Morgan fingerprint density at radius 3 is 2.33 bits per heavy atom. The lowest BCUT2D eigenvalue weighted by Crippen LogP contribution is -2.22. The summed E-state index contributed by atoms with van der Waals surface area (Å²) in [4.78, 5) is 8.65. The molecule has 1 aliphatic rings. The molecular weight excluding hydrogens is 340 g/mol. The molecule has 0 aliphatic carbocycles. The molecule has 1 unspecified atom stereocenters. The summed E-state index contributed by atoms with van der Waals surface area (Å²) in [5, 5.41) is 7.32. The zero-order valence-electron chi connectivity index (χ0n) is 14.4. The van der Waals surface area contributed by atoms with E-state index in [1.165, 1.54) is 0 Å². The minimum Gasteiger partial charge on any atom is -0.485 e. The van der Waals surface area contributed by atoms with Crippen LogP contribution in [-0.2, 0) is 0 Å². The highest BCUT2D eigenvalue weighted by Gasteiger charge is 2.25. The fourth-order valence-electron chi connectivity index (χ4n) is 3.06. The van der Waals surface area contributed by atoms with E-state index in [1.54, 1.807) is 12.4 Å². The van der Waals surface area contributed by atoms with Gasteiger partial charge in [-0.2, -0.15) is 5.10 Å².